The lowest BCUT2D eigenvalue weighted by Gasteiger charge is -2.22. The zero-order valence-corrected chi connectivity index (χ0v) is 18.2. The molecule has 4 rings (SSSR count). The standard InChI is InChI=1S/C24H19BrN2OS/c25-18-12-10-16(11-13-18)22(28)15-29-24-20(14-26)23(17-6-2-1-3-7-17)19-8-4-5-9-21(19)27-24/h1-3,6-7,10-13H,4-5,8-9,15H2. The van der Waals surface area contributed by atoms with Gasteiger partial charge in [0.25, 0.3) is 0 Å². The second kappa shape index (κ2) is 8.94. The molecule has 0 bridgehead atoms. The number of ketones is 1. The van der Waals surface area contributed by atoms with E-state index in [1.807, 2.05) is 54.6 Å². The van der Waals surface area contributed by atoms with E-state index >= 15 is 0 Å². The van der Waals surface area contributed by atoms with Gasteiger partial charge in [0.15, 0.2) is 5.78 Å². The predicted octanol–water partition coefficient (Wildman–Crippen LogP) is 6.24. The number of aryl methyl sites for hydroxylation is 1. The van der Waals surface area contributed by atoms with Crippen LogP contribution in [-0.4, -0.2) is 16.5 Å². The van der Waals surface area contributed by atoms with Gasteiger partial charge in [0, 0.05) is 21.3 Å². The number of fused-ring (bicyclic) bond motifs is 1. The Bertz CT molecular complexity index is 1090. The summed E-state index contributed by atoms with van der Waals surface area (Å²) in [5.74, 6) is 0.295. The fourth-order valence-corrected chi connectivity index (χ4v) is 4.87. The van der Waals surface area contributed by atoms with Crippen LogP contribution in [0.3, 0.4) is 0 Å². The molecule has 3 aromatic rings. The van der Waals surface area contributed by atoms with Crippen molar-refractivity contribution in [3.8, 4) is 17.2 Å². The third-order valence-corrected chi connectivity index (χ3v) is 6.63. The molecule has 1 aliphatic rings. The maximum Gasteiger partial charge on any atom is 0.173 e. The summed E-state index contributed by atoms with van der Waals surface area (Å²) in [6.07, 6.45) is 4.11. The molecule has 0 amide bonds. The minimum absolute atomic E-state index is 0.0344. The van der Waals surface area contributed by atoms with E-state index in [9.17, 15) is 10.1 Å². The molecule has 0 aliphatic heterocycles. The van der Waals surface area contributed by atoms with Gasteiger partial charge in [-0.1, -0.05) is 70.2 Å². The number of rotatable bonds is 5. The number of halogens is 1. The van der Waals surface area contributed by atoms with Crippen molar-refractivity contribution in [1.29, 1.82) is 5.26 Å². The first-order valence-electron chi connectivity index (χ1n) is 9.60. The van der Waals surface area contributed by atoms with Crippen LogP contribution in [0.15, 0.2) is 64.1 Å². The largest absolute Gasteiger partial charge is 0.293 e. The van der Waals surface area contributed by atoms with Gasteiger partial charge in [-0.25, -0.2) is 4.98 Å². The second-order valence-electron chi connectivity index (χ2n) is 7.00. The molecule has 0 fully saturated rings. The number of Topliss-reactive ketones (excluding diaryl/α,β-unsaturated/α-hetero) is 1. The molecular weight excluding hydrogens is 444 g/mol. The average Bonchev–Trinajstić information content (AvgIpc) is 2.77. The van der Waals surface area contributed by atoms with Gasteiger partial charge in [-0.2, -0.15) is 5.26 Å². The number of nitriles is 1. The monoisotopic (exact) mass is 462 g/mol. The summed E-state index contributed by atoms with van der Waals surface area (Å²) < 4.78 is 0.942. The Morgan fingerprint density at radius 2 is 1.79 bits per heavy atom. The third kappa shape index (κ3) is 4.29. The van der Waals surface area contributed by atoms with Crippen LogP contribution in [0.4, 0.5) is 0 Å². The third-order valence-electron chi connectivity index (χ3n) is 5.12. The number of hydrogen-bond acceptors (Lipinski definition) is 4. The Balaban J connectivity index is 1.71. The lowest BCUT2D eigenvalue weighted by Crippen LogP contribution is -2.11. The van der Waals surface area contributed by atoms with Crippen molar-refractivity contribution >= 4 is 33.5 Å². The van der Waals surface area contributed by atoms with Crippen LogP contribution in [0, 0.1) is 11.3 Å². The van der Waals surface area contributed by atoms with Crippen LogP contribution < -0.4 is 0 Å². The van der Waals surface area contributed by atoms with E-state index in [2.05, 4.69) is 22.0 Å². The number of carbonyl (C=O) groups is 1. The summed E-state index contributed by atoms with van der Waals surface area (Å²) in [5.41, 5.74) is 5.57. The fourth-order valence-electron chi connectivity index (χ4n) is 3.70. The van der Waals surface area contributed by atoms with Gasteiger partial charge in [0.1, 0.15) is 11.1 Å². The fraction of sp³-hybridized carbons (Fsp3) is 0.208. The molecule has 1 aliphatic carbocycles. The van der Waals surface area contributed by atoms with Gasteiger partial charge in [0.05, 0.1) is 11.3 Å². The van der Waals surface area contributed by atoms with E-state index < -0.39 is 0 Å². The number of benzene rings is 2. The Kier molecular flexibility index (Phi) is 6.13. The van der Waals surface area contributed by atoms with E-state index in [1.165, 1.54) is 17.3 Å². The molecule has 29 heavy (non-hydrogen) atoms. The first-order chi connectivity index (χ1) is 14.2. The minimum Gasteiger partial charge on any atom is -0.293 e. The van der Waals surface area contributed by atoms with Crippen LogP contribution in [0.5, 0.6) is 0 Å². The summed E-state index contributed by atoms with van der Waals surface area (Å²) >= 11 is 4.76. The van der Waals surface area contributed by atoms with E-state index in [0.717, 1.165) is 47.0 Å². The molecule has 0 atom stereocenters. The van der Waals surface area contributed by atoms with Crippen LogP contribution in [0.2, 0.25) is 0 Å². The smallest absolute Gasteiger partial charge is 0.173 e. The highest BCUT2D eigenvalue weighted by Gasteiger charge is 2.23. The molecule has 0 spiro atoms. The van der Waals surface area contributed by atoms with Gasteiger partial charge in [0.2, 0.25) is 0 Å². The van der Waals surface area contributed by atoms with Crippen molar-refractivity contribution in [2.45, 2.75) is 30.7 Å². The lowest BCUT2D eigenvalue weighted by molar-refractivity contribution is 0.102. The highest BCUT2D eigenvalue weighted by atomic mass is 79.9. The molecule has 0 saturated heterocycles. The topological polar surface area (TPSA) is 53.8 Å². The van der Waals surface area contributed by atoms with E-state index in [4.69, 9.17) is 4.98 Å². The van der Waals surface area contributed by atoms with Crippen LogP contribution in [0.1, 0.15) is 40.0 Å². The van der Waals surface area contributed by atoms with E-state index in [0.29, 0.717) is 16.2 Å². The van der Waals surface area contributed by atoms with E-state index in [1.54, 1.807) is 0 Å². The number of aromatic nitrogens is 1. The number of pyridine rings is 1. The maximum absolute atomic E-state index is 12.6. The molecule has 0 N–H and O–H groups in total. The first kappa shape index (κ1) is 19.9. The summed E-state index contributed by atoms with van der Waals surface area (Å²) in [6, 6.07) is 19.8. The molecule has 3 nitrogen and oxygen atoms in total. The van der Waals surface area contributed by atoms with Crippen molar-refractivity contribution in [1.82, 2.24) is 4.98 Å². The zero-order valence-electron chi connectivity index (χ0n) is 15.8. The van der Waals surface area contributed by atoms with Crippen molar-refractivity contribution in [2.24, 2.45) is 0 Å². The molecule has 5 heteroatoms. The number of hydrogen-bond donors (Lipinski definition) is 0. The molecule has 1 aromatic heterocycles. The normalized spacial score (nSPS) is 12.8. The number of carbonyl (C=O) groups excluding carboxylic acids is 1. The van der Waals surface area contributed by atoms with Gasteiger partial charge < -0.3 is 0 Å². The molecule has 0 unspecified atom stereocenters. The molecule has 2 aromatic carbocycles. The lowest BCUT2D eigenvalue weighted by atomic mass is 9.87. The maximum atomic E-state index is 12.6. The highest BCUT2D eigenvalue weighted by Crippen LogP contribution is 2.37. The molecular formula is C24H19BrN2OS. The van der Waals surface area contributed by atoms with Gasteiger partial charge in [-0.15, -0.1) is 0 Å². The Morgan fingerprint density at radius 1 is 1.07 bits per heavy atom. The Hall–Kier alpha value is -2.42. The van der Waals surface area contributed by atoms with E-state index in [-0.39, 0.29) is 11.5 Å². The average molecular weight is 463 g/mol. The summed E-state index contributed by atoms with van der Waals surface area (Å²) in [5, 5.41) is 10.6. The van der Waals surface area contributed by atoms with Crippen LogP contribution in [0.25, 0.3) is 11.1 Å². The first-order valence-corrected chi connectivity index (χ1v) is 11.4. The summed E-state index contributed by atoms with van der Waals surface area (Å²) in [7, 11) is 0. The Morgan fingerprint density at radius 3 is 2.52 bits per heavy atom. The van der Waals surface area contributed by atoms with Crippen molar-refractivity contribution in [3.63, 3.8) is 0 Å². The second-order valence-corrected chi connectivity index (χ2v) is 8.88. The summed E-state index contributed by atoms with van der Waals surface area (Å²) in [4.78, 5) is 17.5. The molecule has 1 heterocycles. The number of thioether (sulfide) groups is 1. The van der Waals surface area contributed by atoms with Gasteiger partial charge in [-0.05, 0) is 48.9 Å². The minimum atomic E-state index is 0.0344. The summed E-state index contributed by atoms with van der Waals surface area (Å²) in [6.45, 7) is 0. The highest BCUT2D eigenvalue weighted by molar-refractivity contribution is 9.10. The van der Waals surface area contributed by atoms with Crippen molar-refractivity contribution in [3.05, 3.63) is 81.5 Å². The van der Waals surface area contributed by atoms with Crippen molar-refractivity contribution in [2.75, 3.05) is 5.75 Å². The quantitative estimate of drug-likeness (QED) is 0.332. The molecule has 0 radical (unpaired) electrons. The SMILES string of the molecule is N#Cc1c(SCC(=O)c2ccc(Br)cc2)nc2c(c1-c1ccccc1)CCCC2. The molecule has 144 valence electrons. The van der Waals surface area contributed by atoms with Crippen molar-refractivity contribution < 1.29 is 4.79 Å². The molecule has 0 saturated carbocycles. The predicted molar refractivity (Wildman–Crippen MR) is 120 cm³/mol. The zero-order chi connectivity index (χ0) is 20.2. The van der Waals surface area contributed by atoms with Gasteiger partial charge in [-0.3, -0.25) is 4.79 Å². The van der Waals surface area contributed by atoms with Crippen LogP contribution >= 0.6 is 27.7 Å². The number of nitrogens with zero attached hydrogens (tertiary/aromatic N) is 2. The van der Waals surface area contributed by atoms with Crippen LogP contribution in [-0.2, 0) is 12.8 Å². The Labute approximate surface area is 183 Å². The van der Waals surface area contributed by atoms with Gasteiger partial charge >= 0.3 is 0 Å².